The Balaban J connectivity index is 4.28. The third-order valence-corrected chi connectivity index (χ3v) is 10.8. The van der Waals surface area contributed by atoms with E-state index in [1.807, 2.05) is 0 Å². The molecule has 0 heterocycles. The molecule has 0 aliphatic carbocycles. The molecule has 0 rings (SSSR count). The molecule has 0 radical (unpaired) electrons. The molecule has 4 N–H and O–H groups in total. The minimum Gasteiger partial charge on any atom is -0.462 e. The van der Waals surface area contributed by atoms with Gasteiger partial charge < -0.3 is 29.7 Å². The number of carbonyl (C=O) groups excluding carboxylic acids is 2. The summed E-state index contributed by atoms with van der Waals surface area (Å²) in [5, 5.41) is 28.4. The Morgan fingerprint density at radius 2 is 0.870 bits per heavy atom. The lowest BCUT2D eigenvalue weighted by molar-refractivity contribution is -0.161. The van der Waals surface area contributed by atoms with Crippen LogP contribution in [0.15, 0.2) is 0 Å². The first-order valence-corrected chi connectivity index (χ1v) is 23.6. The largest absolute Gasteiger partial charge is 0.472 e. The first-order valence-electron chi connectivity index (χ1n) is 22.1. The van der Waals surface area contributed by atoms with Gasteiger partial charge in [0.1, 0.15) is 12.7 Å². The molecule has 0 aromatic rings. The Bertz CT molecular complexity index is 890. The van der Waals surface area contributed by atoms with E-state index in [2.05, 4.69) is 18.4 Å². The highest BCUT2D eigenvalue weighted by molar-refractivity contribution is 7.47. The fraction of sp³-hybridized carbons (Fsp3) is 0.952. The van der Waals surface area contributed by atoms with E-state index < -0.39 is 51.8 Å². The number of carbonyl (C=O) groups is 2. The smallest absolute Gasteiger partial charge is 0.462 e. The molecule has 0 bridgehead atoms. The molecule has 54 heavy (non-hydrogen) atoms. The number of aliphatic hydroxyl groups is 3. The van der Waals surface area contributed by atoms with Crippen LogP contribution in [-0.4, -0.2) is 76.9 Å². The highest BCUT2D eigenvalue weighted by Gasteiger charge is 2.27. The molecule has 0 fully saturated rings. The van der Waals surface area contributed by atoms with Crippen molar-refractivity contribution in [2.45, 2.75) is 231 Å². The highest BCUT2D eigenvalue weighted by atomic mass is 31.2. The first kappa shape index (κ1) is 52.9. The Hall–Kier alpha value is -1.07. The number of esters is 2. The number of phosphoric acid groups is 1. The van der Waals surface area contributed by atoms with Gasteiger partial charge in [-0.3, -0.25) is 18.6 Å². The normalized spacial score (nSPS) is 14.4. The van der Waals surface area contributed by atoms with E-state index in [-0.39, 0.29) is 25.6 Å². The van der Waals surface area contributed by atoms with E-state index in [1.165, 1.54) is 89.9 Å². The lowest BCUT2D eigenvalue weighted by Crippen LogP contribution is -2.29. The van der Waals surface area contributed by atoms with E-state index >= 15 is 0 Å². The molecule has 0 aromatic carbocycles. The molecule has 0 saturated heterocycles. The van der Waals surface area contributed by atoms with Crippen molar-refractivity contribution >= 4 is 19.8 Å². The Labute approximate surface area is 329 Å². The van der Waals surface area contributed by atoms with Crippen molar-refractivity contribution in [3.63, 3.8) is 0 Å². The molecular weight excluding hydrogens is 711 g/mol. The van der Waals surface area contributed by atoms with Crippen molar-refractivity contribution in [1.82, 2.24) is 0 Å². The molecule has 322 valence electrons. The van der Waals surface area contributed by atoms with E-state index in [0.29, 0.717) is 12.8 Å². The Morgan fingerprint density at radius 3 is 1.31 bits per heavy atom. The quantitative estimate of drug-likeness (QED) is 0.0263. The van der Waals surface area contributed by atoms with Crippen LogP contribution in [-0.2, 0) is 32.7 Å². The summed E-state index contributed by atoms with van der Waals surface area (Å²) in [5.41, 5.74) is 0. The van der Waals surface area contributed by atoms with Crippen LogP contribution in [0.25, 0.3) is 0 Å². The van der Waals surface area contributed by atoms with Gasteiger partial charge in [-0.1, -0.05) is 174 Å². The van der Waals surface area contributed by atoms with Crippen molar-refractivity contribution in [2.75, 3.05) is 26.4 Å². The lowest BCUT2D eigenvalue weighted by atomic mass is 10.0. The zero-order valence-corrected chi connectivity index (χ0v) is 35.5. The third-order valence-electron chi connectivity index (χ3n) is 9.84. The SMILES string of the molecule is CCCCCCCCCCCCCCCCCC(=O)OCC(COP(=O)(O)OCC(O)CO)OC(=O)CCCCCCCCCCC(O)CCCCCC. The van der Waals surface area contributed by atoms with Crippen LogP contribution in [0, 0.1) is 0 Å². The summed E-state index contributed by atoms with van der Waals surface area (Å²) in [6.07, 6.45) is 30.8. The van der Waals surface area contributed by atoms with E-state index in [1.54, 1.807) is 0 Å². The van der Waals surface area contributed by atoms with Crippen molar-refractivity contribution < 1.29 is 52.9 Å². The topological polar surface area (TPSA) is 169 Å². The van der Waals surface area contributed by atoms with Gasteiger partial charge >= 0.3 is 19.8 Å². The number of rotatable bonds is 42. The summed E-state index contributed by atoms with van der Waals surface area (Å²) in [4.78, 5) is 35.0. The summed E-state index contributed by atoms with van der Waals surface area (Å²) in [7, 11) is -4.62. The molecule has 0 aliphatic heterocycles. The van der Waals surface area contributed by atoms with E-state index in [0.717, 1.165) is 83.5 Å². The molecule has 0 amide bonds. The van der Waals surface area contributed by atoms with Gasteiger partial charge in [-0.2, -0.15) is 0 Å². The van der Waals surface area contributed by atoms with E-state index in [9.17, 15) is 29.3 Å². The average molecular weight is 795 g/mol. The van der Waals surface area contributed by atoms with Gasteiger partial charge in [0.25, 0.3) is 0 Å². The van der Waals surface area contributed by atoms with Crippen LogP contribution in [0.5, 0.6) is 0 Å². The maximum Gasteiger partial charge on any atom is 0.472 e. The minimum absolute atomic E-state index is 0.162. The van der Waals surface area contributed by atoms with Crippen LogP contribution in [0.2, 0.25) is 0 Å². The molecular formula is C42H83O11P. The third kappa shape index (κ3) is 37.8. The molecule has 4 atom stereocenters. The maximum absolute atomic E-state index is 12.6. The number of phosphoric ester groups is 1. The number of ether oxygens (including phenoxy) is 2. The van der Waals surface area contributed by atoms with Crippen LogP contribution >= 0.6 is 7.82 Å². The fourth-order valence-corrected chi connectivity index (χ4v) is 7.16. The van der Waals surface area contributed by atoms with E-state index in [4.69, 9.17) is 19.1 Å². The second kappa shape index (κ2) is 38.8. The average Bonchev–Trinajstić information content (AvgIpc) is 3.15. The summed E-state index contributed by atoms with van der Waals surface area (Å²) in [5.74, 6) is -0.946. The second-order valence-corrected chi connectivity index (χ2v) is 16.7. The Kier molecular flexibility index (Phi) is 38.0. The maximum atomic E-state index is 12.6. The predicted octanol–water partition coefficient (Wildman–Crippen LogP) is 10.4. The lowest BCUT2D eigenvalue weighted by Gasteiger charge is -2.20. The van der Waals surface area contributed by atoms with Crippen molar-refractivity contribution in [3.8, 4) is 0 Å². The minimum atomic E-state index is -4.62. The summed E-state index contributed by atoms with van der Waals surface area (Å²) >= 11 is 0. The van der Waals surface area contributed by atoms with Crippen molar-refractivity contribution in [1.29, 1.82) is 0 Å². The molecule has 0 aliphatic rings. The first-order chi connectivity index (χ1) is 26.1. The second-order valence-electron chi connectivity index (χ2n) is 15.3. The number of hydrogen-bond acceptors (Lipinski definition) is 10. The summed E-state index contributed by atoms with van der Waals surface area (Å²) in [6, 6.07) is 0. The molecule has 12 heteroatoms. The van der Waals surface area contributed by atoms with Gasteiger partial charge in [-0.25, -0.2) is 4.57 Å². The van der Waals surface area contributed by atoms with Gasteiger partial charge in [0, 0.05) is 12.8 Å². The molecule has 4 unspecified atom stereocenters. The Morgan fingerprint density at radius 1 is 0.500 bits per heavy atom. The van der Waals surface area contributed by atoms with Gasteiger partial charge in [-0.05, 0) is 25.7 Å². The standard InChI is InChI=1S/C42H83O11P/c1-3-5-7-9-10-11-12-13-14-15-16-17-21-24-28-32-41(46)50-36-40(37-52-54(48,49)51-35-39(45)34-43)53-42(47)33-29-25-22-19-18-20-23-27-31-38(44)30-26-8-6-4-2/h38-40,43-45H,3-37H2,1-2H3,(H,48,49). The van der Waals surface area contributed by atoms with Crippen molar-refractivity contribution in [3.05, 3.63) is 0 Å². The molecule has 0 saturated carbocycles. The summed E-state index contributed by atoms with van der Waals surface area (Å²) in [6.45, 7) is 2.30. The molecule has 0 aromatic heterocycles. The zero-order chi connectivity index (χ0) is 40.0. The van der Waals surface area contributed by atoms with Crippen LogP contribution in [0.1, 0.15) is 213 Å². The fourth-order valence-electron chi connectivity index (χ4n) is 6.37. The van der Waals surface area contributed by atoms with Gasteiger partial charge in [-0.15, -0.1) is 0 Å². The van der Waals surface area contributed by atoms with Crippen molar-refractivity contribution in [2.24, 2.45) is 0 Å². The monoisotopic (exact) mass is 795 g/mol. The highest BCUT2D eigenvalue weighted by Crippen LogP contribution is 2.43. The molecule has 11 nitrogen and oxygen atoms in total. The van der Waals surface area contributed by atoms with Crippen LogP contribution in [0.3, 0.4) is 0 Å². The number of hydrogen-bond donors (Lipinski definition) is 4. The van der Waals surface area contributed by atoms with Gasteiger partial charge in [0.2, 0.25) is 0 Å². The van der Waals surface area contributed by atoms with Crippen LogP contribution in [0.4, 0.5) is 0 Å². The number of aliphatic hydroxyl groups excluding tert-OH is 3. The zero-order valence-electron chi connectivity index (χ0n) is 34.6. The molecule has 0 spiro atoms. The predicted molar refractivity (Wildman–Crippen MR) is 216 cm³/mol. The van der Waals surface area contributed by atoms with Crippen LogP contribution < -0.4 is 0 Å². The van der Waals surface area contributed by atoms with Gasteiger partial charge in [0.05, 0.1) is 25.9 Å². The summed E-state index contributed by atoms with van der Waals surface area (Å²) < 4.78 is 32.7. The number of unbranched alkanes of at least 4 members (excludes halogenated alkanes) is 24. The van der Waals surface area contributed by atoms with Gasteiger partial charge in [0.15, 0.2) is 6.10 Å².